The molecule has 2 atom stereocenters. The van der Waals surface area contributed by atoms with Crippen molar-refractivity contribution >= 4 is 55.7 Å². The Morgan fingerprint density at radius 3 is 2.45 bits per heavy atom. The highest BCUT2D eigenvalue weighted by Crippen LogP contribution is 2.43. The van der Waals surface area contributed by atoms with Crippen LogP contribution in [0.15, 0.2) is 78.9 Å². The molecule has 3 aromatic carbocycles. The van der Waals surface area contributed by atoms with Crippen LogP contribution in [0.5, 0.6) is 0 Å². The van der Waals surface area contributed by atoms with Crippen molar-refractivity contribution in [2.75, 3.05) is 12.4 Å². The number of nitrogens with zero attached hydrogens (tertiary/aromatic N) is 1. The van der Waals surface area contributed by atoms with E-state index in [-0.39, 0.29) is 0 Å². The number of esters is 2. The lowest BCUT2D eigenvalue weighted by Crippen LogP contribution is -2.30. The van der Waals surface area contributed by atoms with Gasteiger partial charge < -0.3 is 14.8 Å². The van der Waals surface area contributed by atoms with E-state index in [1.54, 1.807) is 12.1 Å². The number of benzene rings is 3. The number of rotatable bonds is 7. The third-order valence-electron chi connectivity index (χ3n) is 7.49. The van der Waals surface area contributed by atoms with Crippen LogP contribution in [0.1, 0.15) is 56.0 Å². The van der Waals surface area contributed by atoms with Crippen molar-refractivity contribution in [3.63, 3.8) is 0 Å². The second-order valence-corrected chi connectivity index (χ2v) is 12.3. The molecule has 0 radical (unpaired) electrons. The van der Waals surface area contributed by atoms with Crippen LogP contribution in [0.4, 0.5) is 5.00 Å². The Hall–Kier alpha value is -4.34. The van der Waals surface area contributed by atoms with Gasteiger partial charge in [0.05, 0.1) is 28.5 Å². The van der Waals surface area contributed by atoms with E-state index in [1.165, 1.54) is 42.3 Å². The van der Waals surface area contributed by atoms with Crippen LogP contribution in [0.3, 0.4) is 0 Å². The number of thiophene rings is 1. The van der Waals surface area contributed by atoms with Crippen molar-refractivity contribution in [3.05, 3.63) is 106 Å². The van der Waals surface area contributed by atoms with E-state index >= 15 is 0 Å². The first-order valence-electron chi connectivity index (χ1n) is 13.7. The highest BCUT2D eigenvalue weighted by molar-refractivity contribution is 7.21. The summed E-state index contributed by atoms with van der Waals surface area (Å²) in [4.78, 5) is 45.1. The number of fused-ring (bicyclic) bond motifs is 2. The zero-order valence-electron chi connectivity index (χ0n) is 23.1. The number of thiazole rings is 1. The number of para-hydroxylation sites is 1. The molecule has 0 saturated carbocycles. The Bertz CT molecular complexity index is 1760. The van der Waals surface area contributed by atoms with Gasteiger partial charge in [-0.2, -0.15) is 0 Å². The lowest BCUT2D eigenvalue weighted by atomic mass is 9.83. The first-order chi connectivity index (χ1) is 20.4. The number of ether oxygens (including phenoxy) is 2. The average molecular weight is 597 g/mol. The first kappa shape index (κ1) is 27.8. The lowest BCUT2D eigenvalue weighted by Gasteiger charge is -2.22. The number of nitrogens with one attached hydrogen (secondary N) is 1. The maximum Gasteiger partial charge on any atom is 0.341 e. The minimum absolute atomic E-state index is 0.324. The number of amides is 1. The Kier molecular flexibility index (Phi) is 7.86. The molecule has 1 aliphatic carbocycles. The van der Waals surface area contributed by atoms with E-state index in [4.69, 9.17) is 9.47 Å². The van der Waals surface area contributed by atoms with E-state index in [9.17, 15) is 14.4 Å². The van der Waals surface area contributed by atoms with E-state index in [2.05, 4.69) is 22.4 Å². The Labute approximate surface area is 251 Å². The summed E-state index contributed by atoms with van der Waals surface area (Å²) in [6.45, 7) is 1.52. The second kappa shape index (κ2) is 11.9. The molecule has 0 fully saturated rings. The molecule has 2 unspecified atom stereocenters. The third kappa shape index (κ3) is 5.45. The minimum atomic E-state index is -1.11. The predicted octanol–water partition coefficient (Wildman–Crippen LogP) is 7.27. The van der Waals surface area contributed by atoms with Crippen molar-refractivity contribution in [1.29, 1.82) is 0 Å². The standard InChI is InChI=1S/C33H28N2O5S2/c1-19(40-32(37)23-13-7-6-12-22(23)30-34-25-14-8-9-15-26(25)41-30)29(36)35-31-28(33(38)39-2)24-17-16-21(18-27(24)42-31)20-10-4-3-5-11-20/h3-15,19,21H,16-18H2,1-2H3,(H,35,36). The van der Waals surface area contributed by atoms with Gasteiger partial charge in [-0.05, 0) is 61.4 Å². The van der Waals surface area contributed by atoms with Gasteiger partial charge >= 0.3 is 11.9 Å². The molecule has 212 valence electrons. The fraction of sp³-hybridized carbons (Fsp3) is 0.212. The maximum absolute atomic E-state index is 13.3. The van der Waals surface area contributed by atoms with Crippen molar-refractivity contribution in [1.82, 2.24) is 4.98 Å². The van der Waals surface area contributed by atoms with Gasteiger partial charge in [0.25, 0.3) is 5.91 Å². The van der Waals surface area contributed by atoms with E-state index in [1.807, 2.05) is 54.6 Å². The van der Waals surface area contributed by atoms with Crippen LogP contribution in [-0.4, -0.2) is 36.0 Å². The quantitative estimate of drug-likeness (QED) is 0.199. The van der Waals surface area contributed by atoms with Crippen molar-refractivity contribution in [2.45, 2.75) is 38.2 Å². The summed E-state index contributed by atoms with van der Waals surface area (Å²) in [5, 5.41) is 3.97. The molecule has 0 saturated heterocycles. The monoisotopic (exact) mass is 596 g/mol. The normalized spacial score (nSPS) is 15.0. The zero-order chi connectivity index (χ0) is 29.2. The zero-order valence-corrected chi connectivity index (χ0v) is 24.7. The summed E-state index contributed by atoms with van der Waals surface area (Å²) >= 11 is 2.87. The fourth-order valence-electron chi connectivity index (χ4n) is 5.33. The molecule has 0 spiro atoms. The summed E-state index contributed by atoms with van der Waals surface area (Å²) in [6.07, 6.45) is 1.27. The Balaban J connectivity index is 1.20. The van der Waals surface area contributed by atoms with Gasteiger partial charge in [-0.25, -0.2) is 14.6 Å². The topological polar surface area (TPSA) is 94.6 Å². The smallest absolute Gasteiger partial charge is 0.341 e. The molecule has 1 aliphatic rings. The first-order valence-corrected chi connectivity index (χ1v) is 15.3. The van der Waals surface area contributed by atoms with Crippen molar-refractivity contribution < 1.29 is 23.9 Å². The third-order valence-corrected chi connectivity index (χ3v) is 9.73. The minimum Gasteiger partial charge on any atom is -0.465 e. The summed E-state index contributed by atoms with van der Waals surface area (Å²) in [6, 6.07) is 25.2. The molecule has 2 aromatic heterocycles. The number of methoxy groups -OCH3 is 1. The van der Waals surface area contributed by atoms with Crippen LogP contribution in [0.2, 0.25) is 0 Å². The molecule has 7 nitrogen and oxygen atoms in total. The molecule has 42 heavy (non-hydrogen) atoms. The molecule has 1 amide bonds. The van der Waals surface area contributed by atoms with Gasteiger partial charge in [0.15, 0.2) is 6.10 Å². The van der Waals surface area contributed by atoms with Crippen LogP contribution in [0.25, 0.3) is 20.8 Å². The van der Waals surface area contributed by atoms with Gasteiger partial charge in [0.2, 0.25) is 0 Å². The summed E-state index contributed by atoms with van der Waals surface area (Å²) in [5.41, 5.74) is 4.38. The number of carbonyl (C=O) groups is 3. The molecule has 0 aliphatic heterocycles. The number of anilines is 1. The molecular weight excluding hydrogens is 569 g/mol. The molecule has 1 N–H and O–H groups in total. The van der Waals surface area contributed by atoms with Crippen molar-refractivity contribution in [3.8, 4) is 10.6 Å². The summed E-state index contributed by atoms with van der Waals surface area (Å²) in [7, 11) is 1.33. The fourth-order valence-corrected chi connectivity index (χ4v) is 7.65. The largest absolute Gasteiger partial charge is 0.465 e. The molecular formula is C33H28N2O5S2. The average Bonchev–Trinajstić information content (AvgIpc) is 3.62. The van der Waals surface area contributed by atoms with Gasteiger partial charge in [-0.1, -0.05) is 60.7 Å². The van der Waals surface area contributed by atoms with Crippen LogP contribution in [-0.2, 0) is 27.1 Å². The Morgan fingerprint density at radius 2 is 1.67 bits per heavy atom. The van der Waals surface area contributed by atoms with Crippen LogP contribution >= 0.6 is 22.7 Å². The van der Waals surface area contributed by atoms with E-state index in [0.717, 1.165) is 33.5 Å². The van der Waals surface area contributed by atoms with Crippen LogP contribution < -0.4 is 5.32 Å². The number of hydrogen-bond donors (Lipinski definition) is 1. The highest BCUT2D eigenvalue weighted by atomic mass is 32.1. The molecule has 0 bridgehead atoms. The Morgan fingerprint density at radius 1 is 0.929 bits per heavy atom. The number of aromatic nitrogens is 1. The SMILES string of the molecule is COC(=O)c1c(NC(=O)C(C)OC(=O)c2ccccc2-c2nc3ccccc3s2)sc2c1CCC(c1ccccc1)C2. The number of hydrogen-bond acceptors (Lipinski definition) is 8. The van der Waals surface area contributed by atoms with Gasteiger partial charge in [0, 0.05) is 10.4 Å². The van der Waals surface area contributed by atoms with Crippen LogP contribution in [0, 0.1) is 0 Å². The van der Waals surface area contributed by atoms with E-state index in [0.29, 0.717) is 39.0 Å². The lowest BCUT2D eigenvalue weighted by molar-refractivity contribution is -0.123. The summed E-state index contributed by atoms with van der Waals surface area (Å²) < 4.78 is 11.7. The number of carbonyl (C=O) groups excluding carboxylic acids is 3. The maximum atomic E-state index is 13.3. The van der Waals surface area contributed by atoms with E-state index < -0.39 is 23.9 Å². The molecule has 2 heterocycles. The summed E-state index contributed by atoms with van der Waals surface area (Å²) in [5.74, 6) is -1.31. The van der Waals surface area contributed by atoms with Gasteiger partial charge in [-0.15, -0.1) is 22.7 Å². The predicted molar refractivity (Wildman–Crippen MR) is 165 cm³/mol. The molecule has 5 aromatic rings. The molecule has 9 heteroatoms. The van der Waals surface area contributed by atoms with Gasteiger partial charge in [0.1, 0.15) is 10.0 Å². The van der Waals surface area contributed by atoms with Gasteiger partial charge in [-0.3, -0.25) is 4.79 Å². The van der Waals surface area contributed by atoms with Crippen molar-refractivity contribution in [2.24, 2.45) is 0 Å². The molecule has 6 rings (SSSR count). The second-order valence-electron chi connectivity index (χ2n) is 10.1. The highest BCUT2D eigenvalue weighted by Gasteiger charge is 2.32.